The number of rotatable bonds is 5. The normalized spacial score (nSPS) is 22.1. The van der Waals surface area contributed by atoms with Crippen molar-refractivity contribution in [2.45, 2.75) is 44.3 Å². The minimum Gasteiger partial charge on any atom is -0.346 e. The van der Waals surface area contributed by atoms with Crippen molar-refractivity contribution in [2.75, 3.05) is 6.54 Å². The van der Waals surface area contributed by atoms with Crippen LogP contribution in [0.1, 0.15) is 53.9 Å². The van der Waals surface area contributed by atoms with E-state index in [4.69, 9.17) is 4.52 Å². The minimum atomic E-state index is -0.245. The molecule has 1 saturated heterocycles. The molecule has 22 heavy (non-hydrogen) atoms. The molecule has 1 saturated carbocycles. The molecule has 1 N–H and O–H groups in total. The van der Waals surface area contributed by atoms with Crippen molar-refractivity contribution in [3.63, 3.8) is 0 Å². The van der Waals surface area contributed by atoms with Gasteiger partial charge in [0, 0.05) is 18.0 Å². The second-order valence-electron chi connectivity index (χ2n) is 5.73. The van der Waals surface area contributed by atoms with Crippen LogP contribution in [0.25, 0.3) is 0 Å². The molecular formula is C13H16N6O2S. The molecule has 2 aromatic rings. The molecule has 2 aromatic heterocycles. The third-order valence-corrected chi connectivity index (χ3v) is 4.53. The molecule has 1 unspecified atom stereocenters. The van der Waals surface area contributed by atoms with E-state index in [1.807, 2.05) is 5.38 Å². The van der Waals surface area contributed by atoms with Crippen LogP contribution in [0.3, 0.4) is 0 Å². The summed E-state index contributed by atoms with van der Waals surface area (Å²) < 4.78 is 9.21. The maximum Gasteiger partial charge on any atom is 0.292 e. The lowest BCUT2D eigenvalue weighted by Gasteiger charge is -2.19. The van der Waals surface area contributed by atoms with Crippen molar-refractivity contribution < 1.29 is 9.32 Å². The molecule has 2 aliphatic rings. The van der Waals surface area contributed by atoms with Gasteiger partial charge in [-0.25, -0.2) is 0 Å². The highest BCUT2D eigenvalue weighted by atomic mass is 32.1. The van der Waals surface area contributed by atoms with Crippen LogP contribution < -0.4 is 5.32 Å². The molecule has 1 aliphatic heterocycles. The number of amides is 1. The number of hydrogen-bond donors (Lipinski definition) is 1. The Morgan fingerprint density at radius 1 is 1.45 bits per heavy atom. The molecule has 0 aromatic carbocycles. The molecule has 0 spiro atoms. The van der Waals surface area contributed by atoms with Gasteiger partial charge in [-0.15, -0.1) is 5.10 Å². The van der Waals surface area contributed by atoms with Gasteiger partial charge in [0.05, 0.1) is 11.7 Å². The summed E-state index contributed by atoms with van der Waals surface area (Å²) in [7, 11) is 0. The van der Waals surface area contributed by atoms with E-state index in [9.17, 15) is 4.79 Å². The summed E-state index contributed by atoms with van der Waals surface area (Å²) in [4.78, 5) is 18.5. The molecule has 3 heterocycles. The van der Waals surface area contributed by atoms with Crippen LogP contribution in [0.2, 0.25) is 0 Å². The highest BCUT2D eigenvalue weighted by Crippen LogP contribution is 2.32. The Kier molecular flexibility index (Phi) is 3.59. The average molecular weight is 320 g/mol. The van der Waals surface area contributed by atoms with E-state index in [0.717, 1.165) is 37.9 Å². The topological polar surface area (TPSA) is 97.0 Å². The number of nitrogens with one attached hydrogen (secondary N) is 1. The number of nitrogens with zero attached hydrogens (tertiary/aromatic N) is 5. The predicted octanol–water partition coefficient (Wildman–Crippen LogP) is 1.15. The first-order chi connectivity index (χ1) is 10.8. The largest absolute Gasteiger partial charge is 0.346 e. The van der Waals surface area contributed by atoms with Crippen LogP contribution in [-0.2, 0) is 6.54 Å². The monoisotopic (exact) mass is 320 g/mol. The zero-order valence-corrected chi connectivity index (χ0v) is 12.8. The van der Waals surface area contributed by atoms with Crippen molar-refractivity contribution in [1.82, 2.24) is 29.9 Å². The first-order valence-electron chi connectivity index (χ1n) is 7.44. The lowest BCUT2D eigenvalue weighted by atomic mass is 10.2. The summed E-state index contributed by atoms with van der Waals surface area (Å²) >= 11 is 1.35. The molecule has 1 atom stereocenters. The Bertz CT molecular complexity index is 653. The first-order valence-corrected chi connectivity index (χ1v) is 8.28. The van der Waals surface area contributed by atoms with E-state index in [0.29, 0.717) is 12.4 Å². The van der Waals surface area contributed by atoms with E-state index < -0.39 is 0 Å². The SMILES string of the molecule is O=C(NC1CC1)c1noc(C2CCCN2Cc2csnn2)n1. The smallest absolute Gasteiger partial charge is 0.292 e. The molecule has 1 amide bonds. The molecule has 0 radical (unpaired) electrons. The van der Waals surface area contributed by atoms with Crippen LogP contribution in [0.5, 0.6) is 0 Å². The summed E-state index contributed by atoms with van der Waals surface area (Å²) in [6, 6.07) is 0.339. The van der Waals surface area contributed by atoms with E-state index in [-0.39, 0.29) is 23.8 Å². The maximum atomic E-state index is 11.9. The number of likely N-dealkylation sites (tertiary alicyclic amines) is 1. The van der Waals surface area contributed by atoms with Gasteiger partial charge in [0.2, 0.25) is 5.89 Å². The Morgan fingerprint density at radius 2 is 2.36 bits per heavy atom. The van der Waals surface area contributed by atoms with Gasteiger partial charge in [-0.3, -0.25) is 9.69 Å². The Labute approximate surface area is 131 Å². The fourth-order valence-electron chi connectivity index (χ4n) is 2.70. The van der Waals surface area contributed by atoms with Crippen molar-refractivity contribution in [3.05, 3.63) is 22.8 Å². The molecule has 1 aliphatic carbocycles. The zero-order chi connectivity index (χ0) is 14.9. The lowest BCUT2D eigenvalue weighted by molar-refractivity contribution is 0.0937. The standard InChI is InChI=1S/C13H16N6O2S/c20-12(14-8-3-4-8)11-15-13(21-17-11)10-2-1-5-19(10)6-9-7-22-18-16-9/h7-8,10H,1-6H2,(H,14,20). The quantitative estimate of drug-likeness (QED) is 0.882. The summed E-state index contributed by atoms with van der Waals surface area (Å²) in [6.07, 6.45) is 4.08. The molecule has 8 nitrogen and oxygen atoms in total. The summed E-state index contributed by atoms with van der Waals surface area (Å²) in [5.74, 6) is 0.399. The van der Waals surface area contributed by atoms with Crippen molar-refractivity contribution in [3.8, 4) is 0 Å². The van der Waals surface area contributed by atoms with E-state index in [1.165, 1.54) is 11.5 Å². The molecule has 2 fully saturated rings. The third kappa shape index (κ3) is 2.86. The van der Waals surface area contributed by atoms with Crippen LogP contribution >= 0.6 is 11.5 Å². The van der Waals surface area contributed by atoms with Gasteiger partial charge in [-0.05, 0) is 43.8 Å². The van der Waals surface area contributed by atoms with Gasteiger partial charge in [0.25, 0.3) is 11.7 Å². The number of carbonyl (C=O) groups is 1. The fourth-order valence-corrected chi connectivity index (χ4v) is 3.14. The Morgan fingerprint density at radius 3 is 3.14 bits per heavy atom. The number of carbonyl (C=O) groups excluding carboxylic acids is 1. The van der Waals surface area contributed by atoms with Crippen LogP contribution in [0.15, 0.2) is 9.90 Å². The van der Waals surface area contributed by atoms with Gasteiger partial charge >= 0.3 is 0 Å². The van der Waals surface area contributed by atoms with Crippen molar-refractivity contribution >= 4 is 17.4 Å². The van der Waals surface area contributed by atoms with Crippen LogP contribution in [-0.4, -0.2) is 43.1 Å². The molecule has 0 bridgehead atoms. The van der Waals surface area contributed by atoms with Crippen molar-refractivity contribution in [2.24, 2.45) is 0 Å². The minimum absolute atomic E-state index is 0.0525. The van der Waals surface area contributed by atoms with E-state index in [2.05, 4.69) is 29.9 Å². The highest BCUT2D eigenvalue weighted by molar-refractivity contribution is 7.03. The molecule has 4 rings (SSSR count). The second-order valence-corrected chi connectivity index (χ2v) is 6.34. The second kappa shape index (κ2) is 5.73. The van der Waals surface area contributed by atoms with E-state index in [1.54, 1.807) is 0 Å². The summed E-state index contributed by atoms with van der Waals surface area (Å²) in [6.45, 7) is 1.67. The summed E-state index contributed by atoms with van der Waals surface area (Å²) in [5, 5.41) is 12.7. The van der Waals surface area contributed by atoms with Crippen LogP contribution in [0, 0.1) is 0 Å². The highest BCUT2D eigenvalue weighted by Gasteiger charge is 2.32. The Balaban J connectivity index is 1.45. The van der Waals surface area contributed by atoms with Gasteiger partial charge in [0.1, 0.15) is 0 Å². The maximum absolute atomic E-state index is 11.9. The van der Waals surface area contributed by atoms with E-state index >= 15 is 0 Å². The van der Waals surface area contributed by atoms with Gasteiger partial charge < -0.3 is 9.84 Å². The average Bonchev–Trinajstić information content (AvgIpc) is 2.98. The fraction of sp³-hybridized carbons (Fsp3) is 0.615. The Hall–Kier alpha value is -1.87. The zero-order valence-electron chi connectivity index (χ0n) is 11.9. The van der Waals surface area contributed by atoms with Gasteiger partial charge in [-0.1, -0.05) is 9.64 Å². The van der Waals surface area contributed by atoms with Crippen LogP contribution in [0.4, 0.5) is 0 Å². The first kappa shape index (κ1) is 13.8. The number of aromatic nitrogens is 4. The lowest BCUT2D eigenvalue weighted by Crippen LogP contribution is -2.27. The molecule has 116 valence electrons. The summed E-state index contributed by atoms with van der Waals surface area (Å²) in [5.41, 5.74) is 0.947. The third-order valence-electron chi connectivity index (χ3n) is 3.98. The van der Waals surface area contributed by atoms with Crippen molar-refractivity contribution in [1.29, 1.82) is 0 Å². The number of hydrogen-bond acceptors (Lipinski definition) is 8. The molecule has 9 heteroatoms. The van der Waals surface area contributed by atoms with Gasteiger partial charge in [0.15, 0.2) is 0 Å². The predicted molar refractivity (Wildman–Crippen MR) is 77.1 cm³/mol. The van der Waals surface area contributed by atoms with Gasteiger partial charge in [-0.2, -0.15) is 4.98 Å². The molecular weight excluding hydrogens is 304 g/mol.